The van der Waals surface area contributed by atoms with Crippen molar-refractivity contribution in [1.82, 2.24) is 20.1 Å². The first kappa shape index (κ1) is 12.7. The highest BCUT2D eigenvalue weighted by Gasteiger charge is 2.13. The van der Waals surface area contributed by atoms with Crippen molar-refractivity contribution in [3.05, 3.63) is 40.4 Å². The molecule has 0 amide bonds. The zero-order chi connectivity index (χ0) is 14.1. The van der Waals surface area contributed by atoms with Gasteiger partial charge < -0.3 is 10.3 Å². The van der Waals surface area contributed by atoms with Crippen LogP contribution in [0.2, 0.25) is 0 Å². The van der Waals surface area contributed by atoms with Crippen molar-refractivity contribution in [2.45, 2.75) is 20.3 Å². The van der Waals surface area contributed by atoms with Gasteiger partial charge in [0.1, 0.15) is 5.69 Å². The summed E-state index contributed by atoms with van der Waals surface area (Å²) in [7, 11) is 0. The summed E-state index contributed by atoms with van der Waals surface area (Å²) in [4.78, 5) is 12.9. The monoisotopic (exact) mass is 287 g/mol. The van der Waals surface area contributed by atoms with E-state index in [1.807, 2.05) is 25.3 Å². The molecular formula is C13H13N5OS. The Morgan fingerprint density at radius 1 is 1.30 bits per heavy atom. The largest absolute Gasteiger partial charge is 0.375 e. The van der Waals surface area contributed by atoms with Crippen molar-refractivity contribution < 1.29 is 4.52 Å². The molecule has 0 saturated carbocycles. The molecule has 0 spiro atoms. The van der Waals surface area contributed by atoms with Gasteiger partial charge >= 0.3 is 0 Å². The van der Waals surface area contributed by atoms with Crippen molar-refractivity contribution in [3.63, 3.8) is 0 Å². The summed E-state index contributed by atoms with van der Waals surface area (Å²) in [5.74, 6) is 1.01. The van der Waals surface area contributed by atoms with Crippen molar-refractivity contribution in [2.24, 2.45) is 0 Å². The van der Waals surface area contributed by atoms with E-state index in [0.717, 1.165) is 22.5 Å². The van der Waals surface area contributed by atoms with Gasteiger partial charge in [-0.3, -0.25) is 4.98 Å². The first-order valence-corrected chi connectivity index (χ1v) is 6.96. The van der Waals surface area contributed by atoms with E-state index in [1.54, 1.807) is 6.20 Å². The molecule has 20 heavy (non-hydrogen) atoms. The van der Waals surface area contributed by atoms with Crippen LogP contribution in [0.4, 0.5) is 5.13 Å². The van der Waals surface area contributed by atoms with Crippen LogP contribution in [-0.4, -0.2) is 20.1 Å². The summed E-state index contributed by atoms with van der Waals surface area (Å²) >= 11 is 1.40. The highest BCUT2D eigenvalue weighted by atomic mass is 32.1. The van der Waals surface area contributed by atoms with E-state index in [2.05, 4.69) is 20.1 Å². The molecule has 0 fully saturated rings. The first-order chi connectivity index (χ1) is 9.61. The lowest BCUT2D eigenvalue weighted by Crippen LogP contribution is -1.93. The van der Waals surface area contributed by atoms with E-state index >= 15 is 0 Å². The van der Waals surface area contributed by atoms with Crippen LogP contribution in [0.25, 0.3) is 11.5 Å². The fraction of sp³-hybridized carbons (Fsp3) is 0.231. The molecule has 0 unspecified atom stereocenters. The number of thiazole rings is 1. The summed E-state index contributed by atoms with van der Waals surface area (Å²) < 4.78 is 5.24. The molecule has 3 aromatic heterocycles. The van der Waals surface area contributed by atoms with Gasteiger partial charge in [-0.1, -0.05) is 11.2 Å². The van der Waals surface area contributed by atoms with Gasteiger partial charge in [-0.2, -0.15) is 4.98 Å². The minimum Gasteiger partial charge on any atom is -0.375 e. The fourth-order valence-corrected chi connectivity index (χ4v) is 2.49. The molecule has 0 radical (unpaired) electrons. The Labute approximate surface area is 119 Å². The van der Waals surface area contributed by atoms with Gasteiger partial charge in [0.15, 0.2) is 5.13 Å². The van der Waals surface area contributed by atoms with Crippen LogP contribution in [-0.2, 0) is 6.42 Å². The molecule has 2 N–H and O–H groups in total. The van der Waals surface area contributed by atoms with E-state index in [9.17, 15) is 0 Å². The van der Waals surface area contributed by atoms with Gasteiger partial charge in [0.05, 0.1) is 12.1 Å². The second kappa shape index (κ2) is 5.01. The average molecular weight is 287 g/mol. The topological polar surface area (TPSA) is 90.7 Å². The molecule has 0 aromatic carbocycles. The zero-order valence-electron chi connectivity index (χ0n) is 11.1. The number of anilines is 1. The number of nitrogens with zero attached hydrogens (tertiary/aromatic N) is 4. The predicted molar refractivity (Wildman–Crippen MR) is 76.3 cm³/mol. The number of nitrogen functional groups attached to an aromatic ring is 1. The van der Waals surface area contributed by atoms with Gasteiger partial charge in [-0.25, -0.2) is 4.98 Å². The summed E-state index contributed by atoms with van der Waals surface area (Å²) in [6.07, 6.45) is 2.27. The van der Waals surface area contributed by atoms with Gasteiger partial charge in [-0.15, -0.1) is 11.3 Å². The van der Waals surface area contributed by atoms with Crippen LogP contribution in [0.1, 0.15) is 22.7 Å². The van der Waals surface area contributed by atoms with Gasteiger partial charge in [0, 0.05) is 11.6 Å². The van der Waals surface area contributed by atoms with Crippen LogP contribution >= 0.6 is 11.3 Å². The molecule has 6 nitrogen and oxygen atoms in total. The lowest BCUT2D eigenvalue weighted by molar-refractivity contribution is 0.385. The summed E-state index contributed by atoms with van der Waals surface area (Å²) in [5.41, 5.74) is 9.29. The smallest absolute Gasteiger partial charge is 0.233 e. The molecule has 102 valence electrons. The van der Waals surface area contributed by atoms with E-state index in [-0.39, 0.29) is 0 Å². The molecule has 7 heteroatoms. The van der Waals surface area contributed by atoms with Gasteiger partial charge in [-0.05, 0) is 25.0 Å². The number of hydrogen-bond donors (Lipinski definition) is 1. The molecule has 3 rings (SSSR count). The Morgan fingerprint density at radius 3 is 2.85 bits per heavy atom. The minimum absolute atomic E-state index is 0.478. The lowest BCUT2D eigenvalue weighted by Gasteiger charge is -2.00. The number of hydrogen-bond acceptors (Lipinski definition) is 7. The highest BCUT2D eigenvalue weighted by Crippen LogP contribution is 2.20. The van der Waals surface area contributed by atoms with E-state index in [4.69, 9.17) is 10.3 Å². The van der Waals surface area contributed by atoms with Gasteiger partial charge in [0.25, 0.3) is 0 Å². The highest BCUT2D eigenvalue weighted by molar-refractivity contribution is 7.13. The number of nitrogens with two attached hydrogens (primary N) is 1. The van der Waals surface area contributed by atoms with Crippen molar-refractivity contribution in [2.75, 3.05) is 5.73 Å². The van der Waals surface area contributed by atoms with Gasteiger partial charge in [0.2, 0.25) is 11.7 Å². The number of pyridine rings is 1. The molecule has 0 atom stereocenters. The zero-order valence-corrected chi connectivity index (χ0v) is 11.9. The van der Waals surface area contributed by atoms with Crippen molar-refractivity contribution in [3.8, 4) is 11.5 Å². The van der Waals surface area contributed by atoms with Crippen LogP contribution in [0.5, 0.6) is 0 Å². The third-order valence-electron chi connectivity index (χ3n) is 2.80. The average Bonchev–Trinajstić information content (AvgIpc) is 2.99. The predicted octanol–water partition coefficient (Wildman–Crippen LogP) is 2.38. The van der Waals surface area contributed by atoms with Crippen LogP contribution in [0, 0.1) is 13.8 Å². The normalized spacial score (nSPS) is 10.9. The Balaban J connectivity index is 1.86. The molecule has 0 saturated heterocycles. The van der Waals surface area contributed by atoms with E-state index < -0.39 is 0 Å². The van der Waals surface area contributed by atoms with Crippen LogP contribution in [0.15, 0.2) is 22.2 Å². The fourth-order valence-electron chi connectivity index (χ4n) is 1.93. The van der Waals surface area contributed by atoms with E-state index in [1.165, 1.54) is 11.3 Å². The van der Waals surface area contributed by atoms with Crippen LogP contribution < -0.4 is 5.73 Å². The van der Waals surface area contributed by atoms with Crippen LogP contribution in [0.3, 0.4) is 0 Å². The first-order valence-electron chi connectivity index (χ1n) is 6.08. The lowest BCUT2D eigenvalue weighted by atomic mass is 10.1. The summed E-state index contributed by atoms with van der Waals surface area (Å²) in [5, 5.41) is 6.40. The molecule has 3 heterocycles. The maximum absolute atomic E-state index is 5.59. The quantitative estimate of drug-likeness (QED) is 0.795. The van der Waals surface area contributed by atoms with Crippen molar-refractivity contribution in [1.29, 1.82) is 0 Å². The number of rotatable bonds is 3. The molecule has 0 aliphatic heterocycles. The molecule has 0 aliphatic rings. The number of aryl methyl sites for hydroxylation is 2. The Morgan fingerprint density at radius 2 is 2.15 bits per heavy atom. The minimum atomic E-state index is 0.478. The SMILES string of the molecule is Cc1cnc(-c2noc(Cc3csc(N)n3)n2)c(C)c1. The Bertz CT molecular complexity index is 749. The summed E-state index contributed by atoms with van der Waals surface area (Å²) in [6, 6.07) is 2.04. The maximum Gasteiger partial charge on any atom is 0.233 e. The molecule has 0 bridgehead atoms. The number of aromatic nitrogens is 4. The Kier molecular flexibility index (Phi) is 3.19. The molecule has 3 aromatic rings. The molecule has 0 aliphatic carbocycles. The maximum atomic E-state index is 5.59. The Hall–Kier alpha value is -2.28. The third kappa shape index (κ3) is 2.53. The molecular weight excluding hydrogens is 274 g/mol. The van der Waals surface area contributed by atoms with Crippen molar-refractivity contribution >= 4 is 16.5 Å². The third-order valence-corrected chi connectivity index (χ3v) is 3.52. The second-order valence-electron chi connectivity index (χ2n) is 4.54. The summed E-state index contributed by atoms with van der Waals surface area (Å²) in [6.45, 7) is 3.98. The van der Waals surface area contributed by atoms with E-state index in [0.29, 0.717) is 23.3 Å². The second-order valence-corrected chi connectivity index (χ2v) is 5.43. The standard InChI is InChI=1S/C13H13N5OS/c1-7-3-8(2)11(15-5-7)12-17-10(19-18-12)4-9-6-20-13(14)16-9/h3,5-6H,4H2,1-2H3,(H2,14,16).